The summed E-state index contributed by atoms with van der Waals surface area (Å²) in [5.41, 5.74) is 0.709. The lowest BCUT2D eigenvalue weighted by atomic mass is 10.3. The third kappa shape index (κ3) is 3.77. The number of anilines is 1. The molecule has 0 atom stereocenters. The van der Waals surface area contributed by atoms with Gasteiger partial charge in [0.1, 0.15) is 0 Å². The summed E-state index contributed by atoms with van der Waals surface area (Å²) in [4.78, 5) is 4.22. The van der Waals surface area contributed by atoms with Crippen molar-refractivity contribution in [3.05, 3.63) is 21.8 Å². The van der Waals surface area contributed by atoms with Crippen LogP contribution in [0.2, 0.25) is 10.0 Å². The van der Waals surface area contributed by atoms with E-state index < -0.39 is 0 Å². The van der Waals surface area contributed by atoms with E-state index in [0.717, 1.165) is 0 Å². The van der Waals surface area contributed by atoms with Crippen molar-refractivity contribution in [1.29, 1.82) is 0 Å². The number of thiocarbonyl (C=S) groups is 1. The van der Waals surface area contributed by atoms with E-state index >= 15 is 0 Å². The Labute approximate surface area is 111 Å². The zero-order chi connectivity index (χ0) is 12.3. The largest absolute Gasteiger partial charge is 0.360 e. The molecule has 1 heterocycles. The molecule has 0 aromatic carbocycles. The summed E-state index contributed by atoms with van der Waals surface area (Å²) >= 11 is 17.0. The minimum Gasteiger partial charge on any atom is -0.360 e. The highest BCUT2D eigenvalue weighted by molar-refractivity contribution is 7.80. The van der Waals surface area contributed by atoms with Crippen LogP contribution in [-0.2, 0) is 0 Å². The number of nitrogens with zero attached hydrogens (tertiary/aromatic N) is 1. The summed E-state index contributed by atoms with van der Waals surface area (Å²) in [5, 5.41) is 7.45. The molecule has 0 radical (unpaired) electrons. The highest BCUT2D eigenvalue weighted by atomic mass is 35.5. The van der Waals surface area contributed by atoms with Gasteiger partial charge in [0.25, 0.3) is 0 Å². The van der Waals surface area contributed by atoms with Crippen molar-refractivity contribution in [3.63, 3.8) is 0 Å². The SMILES string of the molecule is Cc1nc(NC(=S)NC(C)C)c(Cl)cc1Cl. The molecule has 0 amide bonds. The van der Waals surface area contributed by atoms with E-state index in [1.165, 1.54) is 0 Å². The van der Waals surface area contributed by atoms with Crippen molar-refractivity contribution in [2.75, 3.05) is 5.32 Å². The number of aryl methyl sites for hydroxylation is 1. The molecule has 0 bridgehead atoms. The molecule has 3 nitrogen and oxygen atoms in total. The lowest BCUT2D eigenvalue weighted by Crippen LogP contribution is -2.34. The van der Waals surface area contributed by atoms with Crippen LogP contribution in [0, 0.1) is 6.92 Å². The average Bonchev–Trinajstić information content (AvgIpc) is 2.12. The summed E-state index contributed by atoms with van der Waals surface area (Å²) in [7, 11) is 0. The maximum absolute atomic E-state index is 5.99. The normalized spacial score (nSPS) is 10.4. The van der Waals surface area contributed by atoms with Crippen molar-refractivity contribution in [2.24, 2.45) is 0 Å². The Bertz CT molecular complexity index is 407. The molecule has 0 aliphatic carbocycles. The third-order valence-corrected chi connectivity index (χ3v) is 2.65. The van der Waals surface area contributed by atoms with Crippen LogP contribution >= 0.6 is 35.4 Å². The van der Waals surface area contributed by atoms with E-state index in [4.69, 9.17) is 35.4 Å². The van der Waals surface area contributed by atoms with Gasteiger partial charge in [-0.2, -0.15) is 0 Å². The quantitative estimate of drug-likeness (QED) is 0.813. The van der Waals surface area contributed by atoms with E-state index in [1.54, 1.807) is 6.07 Å². The predicted octanol–water partition coefficient (Wildman–Crippen LogP) is 3.39. The number of aromatic nitrogens is 1. The molecular formula is C10H13Cl2N3S. The third-order valence-electron chi connectivity index (χ3n) is 1.76. The van der Waals surface area contributed by atoms with Gasteiger partial charge in [0.05, 0.1) is 15.7 Å². The van der Waals surface area contributed by atoms with Crippen LogP contribution in [-0.4, -0.2) is 16.1 Å². The van der Waals surface area contributed by atoms with Gasteiger partial charge in [-0.3, -0.25) is 0 Å². The zero-order valence-corrected chi connectivity index (χ0v) is 11.6. The Morgan fingerprint density at radius 3 is 2.56 bits per heavy atom. The van der Waals surface area contributed by atoms with Gasteiger partial charge < -0.3 is 10.6 Å². The molecule has 0 aliphatic heterocycles. The van der Waals surface area contributed by atoms with Crippen LogP contribution < -0.4 is 10.6 Å². The number of hydrogen-bond acceptors (Lipinski definition) is 2. The first-order chi connectivity index (χ1) is 7.40. The second kappa shape index (κ2) is 5.66. The van der Waals surface area contributed by atoms with Gasteiger partial charge in [0.2, 0.25) is 0 Å². The molecular weight excluding hydrogens is 265 g/mol. The average molecular weight is 278 g/mol. The smallest absolute Gasteiger partial charge is 0.172 e. The molecule has 0 saturated carbocycles. The highest BCUT2D eigenvalue weighted by Crippen LogP contribution is 2.25. The Hall–Kier alpha value is -0.580. The number of halogens is 2. The van der Waals surface area contributed by atoms with E-state index in [-0.39, 0.29) is 6.04 Å². The Balaban J connectivity index is 2.81. The summed E-state index contributed by atoms with van der Waals surface area (Å²) in [5.74, 6) is 0.515. The first-order valence-electron chi connectivity index (χ1n) is 4.80. The Morgan fingerprint density at radius 2 is 2.00 bits per heavy atom. The number of hydrogen-bond donors (Lipinski definition) is 2. The molecule has 0 unspecified atom stereocenters. The summed E-state index contributed by atoms with van der Waals surface area (Å²) in [6.07, 6.45) is 0. The molecule has 88 valence electrons. The van der Waals surface area contributed by atoms with E-state index in [1.807, 2.05) is 20.8 Å². The van der Waals surface area contributed by atoms with Crippen molar-refractivity contribution >= 4 is 46.4 Å². The van der Waals surface area contributed by atoms with Crippen LogP contribution in [0.4, 0.5) is 5.82 Å². The molecule has 2 N–H and O–H groups in total. The first-order valence-corrected chi connectivity index (χ1v) is 5.96. The standard InChI is InChI=1S/C10H13Cl2N3S/c1-5(2)13-10(16)15-9-8(12)4-7(11)6(3)14-9/h4-5H,1-3H3,(H2,13,14,15,16). The van der Waals surface area contributed by atoms with Gasteiger partial charge in [-0.05, 0) is 39.1 Å². The van der Waals surface area contributed by atoms with Gasteiger partial charge >= 0.3 is 0 Å². The lowest BCUT2D eigenvalue weighted by molar-refractivity contribution is 0.739. The summed E-state index contributed by atoms with van der Waals surface area (Å²) in [6.45, 7) is 5.80. The van der Waals surface area contributed by atoms with Gasteiger partial charge in [0, 0.05) is 6.04 Å². The first kappa shape index (κ1) is 13.5. The van der Waals surface area contributed by atoms with Gasteiger partial charge in [-0.25, -0.2) is 4.98 Å². The van der Waals surface area contributed by atoms with E-state index in [2.05, 4.69) is 15.6 Å². The second-order valence-electron chi connectivity index (χ2n) is 3.64. The van der Waals surface area contributed by atoms with Crippen molar-refractivity contribution in [1.82, 2.24) is 10.3 Å². The number of nitrogens with one attached hydrogen (secondary N) is 2. The predicted molar refractivity (Wildman–Crippen MR) is 73.5 cm³/mol. The van der Waals surface area contributed by atoms with Gasteiger partial charge in [-0.1, -0.05) is 23.2 Å². The minimum absolute atomic E-state index is 0.257. The van der Waals surface area contributed by atoms with Crippen LogP contribution in [0.15, 0.2) is 6.07 Å². The topological polar surface area (TPSA) is 37.0 Å². The maximum atomic E-state index is 5.99. The van der Waals surface area contributed by atoms with Crippen molar-refractivity contribution in [3.8, 4) is 0 Å². The second-order valence-corrected chi connectivity index (χ2v) is 4.86. The van der Waals surface area contributed by atoms with Crippen LogP contribution in [0.25, 0.3) is 0 Å². The van der Waals surface area contributed by atoms with Crippen LogP contribution in [0.1, 0.15) is 19.5 Å². The van der Waals surface area contributed by atoms with Crippen molar-refractivity contribution in [2.45, 2.75) is 26.8 Å². The fourth-order valence-corrected chi connectivity index (χ4v) is 1.79. The molecule has 16 heavy (non-hydrogen) atoms. The fourth-order valence-electron chi connectivity index (χ4n) is 1.05. The van der Waals surface area contributed by atoms with Crippen LogP contribution in [0.3, 0.4) is 0 Å². The number of pyridine rings is 1. The zero-order valence-electron chi connectivity index (χ0n) is 9.27. The van der Waals surface area contributed by atoms with E-state index in [0.29, 0.717) is 26.7 Å². The molecule has 6 heteroatoms. The van der Waals surface area contributed by atoms with Crippen LogP contribution in [0.5, 0.6) is 0 Å². The van der Waals surface area contributed by atoms with E-state index in [9.17, 15) is 0 Å². The summed E-state index contributed by atoms with van der Waals surface area (Å²) < 4.78 is 0. The summed E-state index contributed by atoms with van der Waals surface area (Å²) in [6, 6.07) is 1.90. The highest BCUT2D eigenvalue weighted by Gasteiger charge is 2.08. The molecule has 0 spiro atoms. The Morgan fingerprint density at radius 1 is 1.38 bits per heavy atom. The molecule has 0 saturated heterocycles. The number of rotatable bonds is 2. The fraction of sp³-hybridized carbons (Fsp3) is 0.400. The van der Waals surface area contributed by atoms with Gasteiger partial charge in [-0.15, -0.1) is 0 Å². The van der Waals surface area contributed by atoms with Gasteiger partial charge in [0.15, 0.2) is 10.9 Å². The molecule has 1 aromatic heterocycles. The molecule has 0 aliphatic rings. The maximum Gasteiger partial charge on any atom is 0.172 e. The van der Waals surface area contributed by atoms with Crippen molar-refractivity contribution < 1.29 is 0 Å². The lowest BCUT2D eigenvalue weighted by Gasteiger charge is -2.14. The molecule has 0 fully saturated rings. The Kier molecular flexibility index (Phi) is 4.77. The molecule has 1 aromatic rings. The molecule has 1 rings (SSSR count). The monoisotopic (exact) mass is 277 g/mol. The minimum atomic E-state index is 0.257.